The summed E-state index contributed by atoms with van der Waals surface area (Å²) in [6.45, 7) is 4.99. The Hall–Kier alpha value is -2.82. The molecule has 0 unspecified atom stereocenters. The zero-order valence-corrected chi connectivity index (χ0v) is 16.6. The number of carbonyl (C=O) groups excluding carboxylic acids is 2. The number of hydrogen-bond acceptors (Lipinski definition) is 3. The molecule has 0 aliphatic carbocycles. The maximum absolute atomic E-state index is 12.7. The highest BCUT2D eigenvalue weighted by Crippen LogP contribution is 2.32. The molecule has 1 atom stereocenters. The van der Waals surface area contributed by atoms with Crippen LogP contribution in [0, 0.1) is 6.92 Å². The lowest BCUT2D eigenvalue weighted by molar-refractivity contribution is -0.125. The Kier molecular flexibility index (Phi) is 6.69. The zero-order valence-electron chi connectivity index (χ0n) is 16.6. The van der Waals surface area contributed by atoms with Crippen LogP contribution < -0.4 is 15.0 Å². The van der Waals surface area contributed by atoms with E-state index in [-0.39, 0.29) is 30.7 Å². The molecule has 28 heavy (non-hydrogen) atoms. The lowest BCUT2D eigenvalue weighted by Gasteiger charge is -2.30. The minimum atomic E-state index is -0.0772. The Balaban J connectivity index is 1.46. The molecule has 0 saturated carbocycles. The third kappa shape index (κ3) is 5.35. The lowest BCUT2D eigenvalue weighted by Crippen LogP contribution is -2.39. The Morgan fingerprint density at radius 3 is 2.71 bits per heavy atom. The predicted octanol–water partition coefficient (Wildman–Crippen LogP) is 3.64. The second-order valence-corrected chi connectivity index (χ2v) is 7.36. The number of aryl methyl sites for hydroxylation is 2. The molecule has 0 saturated heterocycles. The van der Waals surface area contributed by atoms with Crippen LogP contribution in [-0.4, -0.2) is 31.0 Å². The average molecular weight is 380 g/mol. The fourth-order valence-corrected chi connectivity index (χ4v) is 3.39. The molecule has 0 spiro atoms. The van der Waals surface area contributed by atoms with E-state index in [0.29, 0.717) is 13.2 Å². The quantitative estimate of drug-likeness (QED) is 0.798. The van der Waals surface area contributed by atoms with Crippen LogP contribution in [0.3, 0.4) is 0 Å². The predicted molar refractivity (Wildman–Crippen MR) is 111 cm³/mol. The van der Waals surface area contributed by atoms with E-state index in [2.05, 4.69) is 17.4 Å². The minimum Gasteiger partial charge on any atom is -0.490 e. The molecule has 0 bridgehead atoms. The zero-order chi connectivity index (χ0) is 19.9. The van der Waals surface area contributed by atoms with Crippen molar-refractivity contribution in [1.29, 1.82) is 0 Å². The van der Waals surface area contributed by atoms with Crippen LogP contribution in [-0.2, 0) is 16.0 Å². The highest BCUT2D eigenvalue weighted by molar-refractivity contribution is 5.97. The number of carbonyl (C=O) groups is 2. The maximum Gasteiger partial charge on any atom is 0.227 e. The van der Waals surface area contributed by atoms with Crippen molar-refractivity contribution in [3.63, 3.8) is 0 Å². The van der Waals surface area contributed by atoms with Gasteiger partial charge in [-0.15, -0.1) is 0 Å². The van der Waals surface area contributed by atoms with Gasteiger partial charge in [-0.05, 0) is 49.9 Å². The number of hydrogen-bond donors (Lipinski definition) is 1. The summed E-state index contributed by atoms with van der Waals surface area (Å²) in [5.74, 6) is 0.609. The second kappa shape index (κ2) is 9.40. The van der Waals surface area contributed by atoms with Gasteiger partial charge in [-0.25, -0.2) is 0 Å². The first-order valence-corrected chi connectivity index (χ1v) is 9.90. The van der Waals surface area contributed by atoms with E-state index in [9.17, 15) is 9.59 Å². The molecule has 1 aliphatic heterocycles. The number of ether oxygens (including phenoxy) is 1. The van der Waals surface area contributed by atoms with Crippen LogP contribution in [0.4, 0.5) is 5.69 Å². The highest BCUT2D eigenvalue weighted by Gasteiger charge is 2.24. The molecular formula is C23H28N2O3. The molecule has 148 valence electrons. The topological polar surface area (TPSA) is 58.6 Å². The van der Waals surface area contributed by atoms with E-state index >= 15 is 0 Å². The van der Waals surface area contributed by atoms with Gasteiger partial charge < -0.3 is 15.0 Å². The molecule has 2 aromatic carbocycles. The Bertz CT molecular complexity index is 820. The van der Waals surface area contributed by atoms with E-state index in [1.165, 1.54) is 5.56 Å². The maximum atomic E-state index is 12.7. The molecule has 2 amide bonds. The number of rotatable bonds is 7. The molecule has 1 aliphatic rings. The van der Waals surface area contributed by atoms with Gasteiger partial charge in [0.1, 0.15) is 12.4 Å². The average Bonchev–Trinajstić information content (AvgIpc) is 2.70. The van der Waals surface area contributed by atoms with Crippen LogP contribution in [0.1, 0.15) is 37.3 Å². The van der Waals surface area contributed by atoms with E-state index in [0.717, 1.165) is 29.8 Å². The number of amides is 2. The third-order valence-electron chi connectivity index (χ3n) is 4.96. The van der Waals surface area contributed by atoms with Crippen LogP contribution in [0.5, 0.6) is 5.75 Å². The van der Waals surface area contributed by atoms with Crippen molar-refractivity contribution in [2.45, 2.75) is 45.6 Å². The number of fused-ring (bicyclic) bond motifs is 1. The monoisotopic (exact) mass is 380 g/mol. The molecular weight excluding hydrogens is 352 g/mol. The van der Waals surface area contributed by atoms with E-state index in [1.807, 2.05) is 50.2 Å². The van der Waals surface area contributed by atoms with Crippen molar-refractivity contribution in [3.05, 3.63) is 59.7 Å². The van der Waals surface area contributed by atoms with Crippen LogP contribution in [0.25, 0.3) is 0 Å². The molecule has 0 aromatic heterocycles. The minimum absolute atomic E-state index is 0.0396. The molecule has 5 heteroatoms. The van der Waals surface area contributed by atoms with Gasteiger partial charge in [-0.3, -0.25) is 9.59 Å². The summed E-state index contributed by atoms with van der Waals surface area (Å²) < 4.78 is 5.63. The number of anilines is 1. The normalized spacial score (nSPS) is 14.0. The van der Waals surface area contributed by atoms with E-state index < -0.39 is 0 Å². The molecule has 5 nitrogen and oxygen atoms in total. The number of nitrogens with zero attached hydrogens (tertiary/aromatic N) is 1. The first-order valence-electron chi connectivity index (χ1n) is 9.90. The SMILES string of the molecule is Cc1ccc2c(c1)N(C(=O)CCC(=O)N[C@H](C)CCc1ccccc1)CCO2. The first-order chi connectivity index (χ1) is 13.5. The first kappa shape index (κ1) is 19.9. The van der Waals surface area contributed by atoms with Gasteiger partial charge >= 0.3 is 0 Å². The van der Waals surface area contributed by atoms with Crippen LogP contribution in [0.15, 0.2) is 48.5 Å². The third-order valence-corrected chi connectivity index (χ3v) is 4.96. The van der Waals surface area contributed by atoms with Gasteiger partial charge in [0.15, 0.2) is 0 Å². The largest absolute Gasteiger partial charge is 0.490 e. The summed E-state index contributed by atoms with van der Waals surface area (Å²) in [6, 6.07) is 16.1. The van der Waals surface area contributed by atoms with Crippen molar-refractivity contribution in [3.8, 4) is 5.75 Å². The van der Waals surface area contributed by atoms with Crippen LogP contribution >= 0.6 is 0 Å². The van der Waals surface area contributed by atoms with Crippen LogP contribution in [0.2, 0.25) is 0 Å². The number of nitrogens with one attached hydrogen (secondary N) is 1. The summed E-state index contributed by atoms with van der Waals surface area (Å²) in [5.41, 5.74) is 3.14. The van der Waals surface area contributed by atoms with Gasteiger partial charge in [0.25, 0.3) is 0 Å². The Morgan fingerprint density at radius 2 is 1.93 bits per heavy atom. The molecule has 2 aromatic rings. The lowest BCUT2D eigenvalue weighted by atomic mass is 10.1. The summed E-state index contributed by atoms with van der Waals surface area (Å²) in [4.78, 5) is 26.6. The fourth-order valence-electron chi connectivity index (χ4n) is 3.39. The summed E-state index contributed by atoms with van der Waals surface area (Å²) in [6.07, 6.45) is 2.20. The van der Waals surface area contributed by atoms with E-state index in [1.54, 1.807) is 4.90 Å². The highest BCUT2D eigenvalue weighted by atomic mass is 16.5. The van der Waals surface area contributed by atoms with Crippen molar-refractivity contribution < 1.29 is 14.3 Å². The van der Waals surface area contributed by atoms with Crippen molar-refractivity contribution in [2.24, 2.45) is 0 Å². The molecule has 1 N–H and O–H groups in total. The van der Waals surface area contributed by atoms with Gasteiger partial charge in [0.2, 0.25) is 11.8 Å². The van der Waals surface area contributed by atoms with Crippen molar-refractivity contribution in [2.75, 3.05) is 18.1 Å². The Morgan fingerprint density at radius 1 is 1.14 bits per heavy atom. The summed E-state index contributed by atoms with van der Waals surface area (Å²) in [5, 5.41) is 3.00. The van der Waals surface area contributed by atoms with Crippen molar-refractivity contribution in [1.82, 2.24) is 5.32 Å². The van der Waals surface area contributed by atoms with Gasteiger partial charge in [0, 0.05) is 18.9 Å². The smallest absolute Gasteiger partial charge is 0.227 e. The van der Waals surface area contributed by atoms with Gasteiger partial charge in [-0.2, -0.15) is 0 Å². The van der Waals surface area contributed by atoms with Gasteiger partial charge in [-0.1, -0.05) is 36.4 Å². The van der Waals surface area contributed by atoms with Crippen molar-refractivity contribution >= 4 is 17.5 Å². The Labute approximate surface area is 166 Å². The molecule has 0 radical (unpaired) electrons. The van der Waals surface area contributed by atoms with Gasteiger partial charge in [0.05, 0.1) is 12.2 Å². The summed E-state index contributed by atoms with van der Waals surface area (Å²) in [7, 11) is 0. The molecule has 3 rings (SSSR count). The summed E-state index contributed by atoms with van der Waals surface area (Å²) >= 11 is 0. The number of benzene rings is 2. The molecule has 0 fully saturated rings. The standard InChI is InChI=1S/C23H28N2O3/c1-17-8-11-21-20(16-17)25(14-15-28-21)23(27)13-12-22(26)24-18(2)9-10-19-6-4-3-5-7-19/h3-8,11,16,18H,9-10,12-15H2,1-2H3,(H,24,26)/t18-/m1/s1. The fraction of sp³-hybridized carbons (Fsp3) is 0.391. The van der Waals surface area contributed by atoms with E-state index in [4.69, 9.17) is 4.74 Å². The second-order valence-electron chi connectivity index (χ2n) is 7.36. The molecule has 1 heterocycles.